The Morgan fingerprint density at radius 2 is 1.93 bits per heavy atom. The van der Waals surface area contributed by atoms with Gasteiger partial charge in [-0.05, 0) is 50.6 Å². The molecule has 1 saturated heterocycles. The summed E-state index contributed by atoms with van der Waals surface area (Å²) >= 11 is 1.31. The first-order valence-electron chi connectivity index (χ1n) is 9.10. The fourth-order valence-corrected chi connectivity index (χ4v) is 4.47. The first-order valence-corrected chi connectivity index (χ1v) is 9.98. The van der Waals surface area contributed by atoms with E-state index in [0.717, 1.165) is 29.8 Å². The van der Waals surface area contributed by atoms with Crippen LogP contribution in [0.15, 0.2) is 29.6 Å². The lowest BCUT2D eigenvalue weighted by atomic mass is 9.97. The number of hydrogen-bond donors (Lipinski definition) is 0. The number of fused-ring (bicyclic) bond motifs is 1. The van der Waals surface area contributed by atoms with Gasteiger partial charge in [0.05, 0.1) is 10.6 Å². The summed E-state index contributed by atoms with van der Waals surface area (Å²) in [4.78, 5) is 19.7. The second-order valence-corrected chi connectivity index (χ2v) is 8.09. The Morgan fingerprint density at radius 3 is 2.54 bits per heavy atom. The summed E-state index contributed by atoms with van der Waals surface area (Å²) in [5.41, 5.74) is -0.728. The van der Waals surface area contributed by atoms with Crippen molar-refractivity contribution in [3.63, 3.8) is 0 Å². The van der Waals surface area contributed by atoms with Crippen molar-refractivity contribution in [1.29, 1.82) is 0 Å². The van der Waals surface area contributed by atoms with Crippen molar-refractivity contribution in [2.75, 3.05) is 0 Å². The number of hydrogen-bond acceptors (Lipinski definition) is 4. The normalized spacial score (nSPS) is 20.7. The van der Waals surface area contributed by atoms with Crippen molar-refractivity contribution in [3.05, 3.63) is 41.0 Å². The average Bonchev–Trinajstić information content (AvgIpc) is 3.29. The molecule has 1 aliphatic heterocycles. The van der Waals surface area contributed by atoms with Crippen molar-refractivity contribution >= 4 is 22.9 Å². The number of piperidine rings is 1. The molecule has 1 aliphatic rings. The Morgan fingerprint density at radius 1 is 1.21 bits per heavy atom. The predicted molar refractivity (Wildman–Crippen MR) is 100 cm³/mol. The summed E-state index contributed by atoms with van der Waals surface area (Å²) in [6, 6.07) is 5.84. The third-order valence-electron chi connectivity index (χ3n) is 5.14. The van der Waals surface area contributed by atoms with E-state index < -0.39 is 11.9 Å². The number of halogens is 3. The monoisotopic (exact) mass is 408 g/mol. The van der Waals surface area contributed by atoms with Crippen LogP contribution in [-0.2, 0) is 6.18 Å². The number of carbonyl (C=O) groups is 1. The molecule has 1 amide bonds. The SMILES string of the molecule is CC1CCCC(C)N1C(=O)c1cc2nc(-c3cccs3)cc(C(F)(F)F)n2n1. The molecule has 4 rings (SSSR count). The van der Waals surface area contributed by atoms with Crippen LogP contribution in [0, 0.1) is 0 Å². The van der Waals surface area contributed by atoms with Crippen LogP contribution in [0.25, 0.3) is 16.2 Å². The first kappa shape index (κ1) is 18.9. The molecular weight excluding hydrogens is 389 g/mol. The van der Waals surface area contributed by atoms with E-state index in [9.17, 15) is 18.0 Å². The second kappa shape index (κ2) is 6.88. The van der Waals surface area contributed by atoms with Gasteiger partial charge in [-0.3, -0.25) is 4.79 Å². The minimum absolute atomic E-state index is 0.0121. The van der Waals surface area contributed by atoms with Gasteiger partial charge >= 0.3 is 6.18 Å². The lowest BCUT2D eigenvalue weighted by Gasteiger charge is -2.38. The Balaban J connectivity index is 1.83. The van der Waals surface area contributed by atoms with Crippen LogP contribution in [0.5, 0.6) is 0 Å². The van der Waals surface area contributed by atoms with Crippen LogP contribution in [0.3, 0.4) is 0 Å². The molecule has 148 valence electrons. The smallest absolute Gasteiger partial charge is 0.332 e. The van der Waals surface area contributed by atoms with Crippen molar-refractivity contribution < 1.29 is 18.0 Å². The van der Waals surface area contributed by atoms with E-state index in [0.29, 0.717) is 4.88 Å². The van der Waals surface area contributed by atoms with Crippen molar-refractivity contribution in [2.45, 2.75) is 51.4 Å². The maximum atomic E-state index is 13.6. The van der Waals surface area contributed by atoms with E-state index in [-0.39, 0.29) is 35.0 Å². The molecular formula is C19H19F3N4OS. The van der Waals surface area contributed by atoms with Crippen LogP contribution in [0.2, 0.25) is 0 Å². The van der Waals surface area contributed by atoms with Gasteiger partial charge in [-0.1, -0.05) is 6.07 Å². The summed E-state index contributed by atoms with van der Waals surface area (Å²) in [5.74, 6) is -0.351. The molecule has 3 aromatic heterocycles. The van der Waals surface area contributed by atoms with E-state index in [1.807, 2.05) is 13.8 Å². The lowest BCUT2D eigenvalue weighted by Crippen LogP contribution is -2.47. The minimum atomic E-state index is -4.62. The van der Waals surface area contributed by atoms with Gasteiger partial charge in [-0.15, -0.1) is 11.3 Å². The lowest BCUT2D eigenvalue weighted by molar-refractivity contribution is -0.142. The number of alkyl halides is 3. The molecule has 5 nitrogen and oxygen atoms in total. The Kier molecular flexibility index (Phi) is 4.65. The number of aromatic nitrogens is 3. The molecule has 0 radical (unpaired) electrons. The highest BCUT2D eigenvalue weighted by Gasteiger charge is 2.37. The quantitative estimate of drug-likeness (QED) is 0.607. The molecule has 0 saturated carbocycles. The summed E-state index contributed by atoms with van der Waals surface area (Å²) in [7, 11) is 0. The maximum Gasteiger partial charge on any atom is 0.433 e. The number of amides is 1. The van der Waals surface area contributed by atoms with Crippen LogP contribution in [0.1, 0.15) is 49.3 Å². The molecule has 28 heavy (non-hydrogen) atoms. The molecule has 0 N–H and O–H groups in total. The molecule has 3 aromatic rings. The molecule has 0 bridgehead atoms. The third-order valence-corrected chi connectivity index (χ3v) is 6.03. The summed E-state index contributed by atoms with van der Waals surface area (Å²) in [5, 5.41) is 5.77. The van der Waals surface area contributed by atoms with Gasteiger partial charge in [-0.2, -0.15) is 18.3 Å². The molecule has 2 unspecified atom stereocenters. The second-order valence-electron chi connectivity index (χ2n) is 7.14. The molecule has 9 heteroatoms. The van der Waals surface area contributed by atoms with E-state index in [2.05, 4.69) is 10.1 Å². The Bertz CT molecular complexity index is 1000. The fourth-order valence-electron chi connectivity index (χ4n) is 3.79. The van der Waals surface area contributed by atoms with Crippen LogP contribution in [0.4, 0.5) is 13.2 Å². The highest BCUT2D eigenvalue weighted by atomic mass is 32.1. The zero-order valence-electron chi connectivity index (χ0n) is 15.4. The van der Waals surface area contributed by atoms with Crippen LogP contribution < -0.4 is 0 Å². The van der Waals surface area contributed by atoms with Gasteiger partial charge in [0, 0.05) is 18.2 Å². The van der Waals surface area contributed by atoms with Crippen molar-refractivity contribution in [2.24, 2.45) is 0 Å². The fraction of sp³-hybridized carbons (Fsp3) is 0.421. The van der Waals surface area contributed by atoms with Crippen LogP contribution >= 0.6 is 11.3 Å². The molecule has 0 aromatic carbocycles. The Labute approximate surface area is 163 Å². The predicted octanol–water partition coefficient (Wildman–Crippen LogP) is 4.88. The van der Waals surface area contributed by atoms with Gasteiger partial charge in [0.25, 0.3) is 5.91 Å². The largest absolute Gasteiger partial charge is 0.433 e. The van der Waals surface area contributed by atoms with Gasteiger partial charge < -0.3 is 4.90 Å². The van der Waals surface area contributed by atoms with E-state index in [1.54, 1.807) is 22.4 Å². The van der Waals surface area contributed by atoms with Crippen LogP contribution in [-0.4, -0.2) is 37.5 Å². The number of likely N-dealkylation sites (tertiary alicyclic amines) is 1. The number of thiophene rings is 1. The summed E-state index contributed by atoms with van der Waals surface area (Å²) in [6.07, 6.45) is -1.84. The third kappa shape index (κ3) is 3.28. The number of nitrogens with zero attached hydrogens (tertiary/aromatic N) is 4. The Hall–Kier alpha value is -2.42. The molecule has 0 aliphatic carbocycles. The van der Waals surface area contributed by atoms with E-state index in [1.165, 1.54) is 17.4 Å². The zero-order valence-corrected chi connectivity index (χ0v) is 16.2. The van der Waals surface area contributed by atoms with E-state index >= 15 is 0 Å². The van der Waals surface area contributed by atoms with Gasteiger partial charge in [-0.25, -0.2) is 9.50 Å². The molecule has 1 fully saturated rings. The highest BCUT2D eigenvalue weighted by Crippen LogP contribution is 2.34. The average molecular weight is 408 g/mol. The first-order chi connectivity index (χ1) is 13.3. The van der Waals surface area contributed by atoms with Crippen molar-refractivity contribution in [1.82, 2.24) is 19.5 Å². The molecule has 0 spiro atoms. The van der Waals surface area contributed by atoms with Gasteiger partial charge in [0.15, 0.2) is 17.0 Å². The van der Waals surface area contributed by atoms with Gasteiger partial charge in [0.2, 0.25) is 0 Å². The molecule has 4 heterocycles. The summed E-state index contributed by atoms with van der Waals surface area (Å²) in [6.45, 7) is 3.91. The standard InChI is InChI=1S/C19H19F3N4OS/c1-11-5-3-6-12(2)25(11)18(27)14-10-17-23-13(15-7-4-8-28-15)9-16(19(20,21)22)26(17)24-14/h4,7-12H,3,5-6H2,1-2H3. The van der Waals surface area contributed by atoms with Crippen molar-refractivity contribution in [3.8, 4) is 10.6 Å². The maximum absolute atomic E-state index is 13.6. The topological polar surface area (TPSA) is 50.5 Å². The minimum Gasteiger partial charge on any atom is -0.332 e. The van der Waals surface area contributed by atoms with E-state index in [4.69, 9.17) is 0 Å². The highest BCUT2D eigenvalue weighted by molar-refractivity contribution is 7.13. The summed E-state index contributed by atoms with van der Waals surface area (Å²) < 4.78 is 41.7. The zero-order chi connectivity index (χ0) is 20.1. The molecule has 2 atom stereocenters. The number of rotatable bonds is 2. The number of carbonyl (C=O) groups excluding carboxylic acids is 1. The van der Waals surface area contributed by atoms with Gasteiger partial charge in [0.1, 0.15) is 0 Å².